The van der Waals surface area contributed by atoms with Crippen LogP contribution in [0.15, 0.2) is 29.5 Å². The minimum Gasteiger partial charge on any atom is -0.493 e. The van der Waals surface area contributed by atoms with E-state index in [0.29, 0.717) is 17.0 Å². The zero-order valence-corrected chi connectivity index (χ0v) is 13.5. The molecule has 0 saturated carbocycles. The molecule has 126 valence electrons. The van der Waals surface area contributed by atoms with Crippen LogP contribution in [-0.2, 0) is 9.53 Å². The Bertz CT molecular complexity index is 736. The standard InChI is InChI=1S/C16H17N3O5/c1-9-12(15(20)23-3)13(19-16(21)18-9)10-5-4-6-11(22-2)14(10)24-8-7-17/h4-6,13H,8H2,1-3H3,(H2,18,19,21)/t13-/m1/s1. The lowest BCUT2D eigenvalue weighted by Gasteiger charge is -2.29. The number of hydrogen-bond acceptors (Lipinski definition) is 6. The number of amides is 2. The number of esters is 1. The first-order valence-electron chi connectivity index (χ1n) is 7.06. The number of allylic oxidation sites excluding steroid dienone is 1. The van der Waals surface area contributed by atoms with Crippen molar-refractivity contribution in [2.45, 2.75) is 13.0 Å². The number of nitriles is 1. The Morgan fingerprint density at radius 1 is 1.38 bits per heavy atom. The first kappa shape index (κ1) is 17.1. The van der Waals surface area contributed by atoms with Gasteiger partial charge in [0.2, 0.25) is 0 Å². The highest BCUT2D eigenvalue weighted by Crippen LogP contribution is 2.39. The second kappa shape index (κ2) is 7.37. The molecule has 0 spiro atoms. The van der Waals surface area contributed by atoms with Gasteiger partial charge in [-0.05, 0) is 13.0 Å². The van der Waals surface area contributed by atoms with Gasteiger partial charge >= 0.3 is 12.0 Å². The topological polar surface area (TPSA) is 110 Å². The Kier molecular flexibility index (Phi) is 5.27. The van der Waals surface area contributed by atoms with Crippen LogP contribution in [0.4, 0.5) is 4.79 Å². The first-order valence-corrected chi connectivity index (χ1v) is 7.06. The second-order valence-electron chi connectivity index (χ2n) is 4.89. The van der Waals surface area contributed by atoms with E-state index in [1.807, 2.05) is 6.07 Å². The third-order valence-corrected chi connectivity index (χ3v) is 3.50. The average molecular weight is 331 g/mol. The molecule has 1 aromatic rings. The summed E-state index contributed by atoms with van der Waals surface area (Å²) in [5.74, 6) is 0.0828. The minimum atomic E-state index is -0.796. The lowest BCUT2D eigenvalue weighted by molar-refractivity contribution is -0.136. The molecular formula is C16H17N3O5. The molecular weight excluding hydrogens is 314 g/mol. The van der Waals surface area contributed by atoms with Crippen molar-refractivity contribution in [3.05, 3.63) is 35.0 Å². The predicted molar refractivity (Wildman–Crippen MR) is 83.2 cm³/mol. The highest BCUT2D eigenvalue weighted by molar-refractivity contribution is 5.95. The van der Waals surface area contributed by atoms with Crippen molar-refractivity contribution in [1.29, 1.82) is 5.26 Å². The number of urea groups is 1. The van der Waals surface area contributed by atoms with Gasteiger partial charge in [-0.25, -0.2) is 9.59 Å². The molecule has 0 saturated heterocycles. The highest BCUT2D eigenvalue weighted by Gasteiger charge is 2.34. The van der Waals surface area contributed by atoms with E-state index in [1.165, 1.54) is 14.2 Å². The second-order valence-corrected chi connectivity index (χ2v) is 4.89. The monoisotopic (exact) mass is 331 g/mol. The molecule has 0 fully saturated rings. The van der Waals surface area contributed by atoms with E-state index in [0.717, 1.165) is 0 Å². The number of nitrogens with one attached hydrogen (secondary N) is 2. The molecule has 1 aliphatic rings. The van der Waals surface area contributed by atoms with Crippen LogP contribution >= 0.6 is 0 Å². The van der Waals surface area contributed by atoms with Crippen molar-refractivity contribution in [2.75, 3.05) is 20.8 Å². The maximum Gasteiger partial charge on any atom is 0.337 e. The number of hydrogen-bond donors (Lipinski definition) is 2. The van der Waals surface area contributed by atoms with Crippen LogP contribution in [0.25, 0.3) is 0 Å². The molecule has 0 radical (unpaired) electrons. The van der Waals surface area contributed by atoms with Gasteiger partial charge in [0.15, 0.2) is 18.1 Å². The van der Waals surface area contributed by atoms with Crippen LogP contribution < -0.4 is 20.1 Å². The normalized spacial score (nSPS) is 16.6. The van der Waals surface area contributed by atoms with Crippen LogP contribution in [0.5, 0.6) is 11.5 Å². The Morgan fingerprint density at radius 2 is 2.12 bits per heavy atom. The Labute approximate surface area is 139 Å². The van der Waals surface area contributed by atoms with E-state index in [9.17, 15) is 9.59 Å². The van der Waals surface area contributed by atoms with Crippen LogP contribution in [0.1, 0.15) is 18.5 Å². The summed E-state index contributed by atoms with van der Waals surface area (Å²) in [6.07, 6.45) is 0. The third-order valence-electron chi connectivity index (χ3n) is 3.50. The lowest BCUT2D eigenvalue weighted by atomic mass is 9.94. The van der Waals surface area contributed by atoms with E-state index in [4.69, 9.17) is 19.5 Å². The summed E-state index contributed by atoms with van der Waals surface area (Å²) >= 11 is 0. The van der Waals surface area contributed by atoms with Gasteiger partial charge in [-0.3, -0.25) is 0 Å². The molecule has 8 heteroatoms. The van der Waals surface area contributed by atoms with Crippen molar-refractivity contribution in [2.24, 2.45) is 0 Å². The van der Waals surface area contributed by atoms with Crippen LogP contribution in [0.2, 0.25) is 0 Å². The third kappa shape index (κ3) is 3.25. The van der Waals surface area contributed by atoms with Crippen LogP contribution in [-0.4, -0.2) is 32.8 Å². The van der Waals surface area contributed by atoms with Crippen molar-refractivity contribution in [3.8, 4) is 17.6 Å². The Balaban J connectivity index is 2.59. The summed E-state index contributed by atoms with van der Waals surface area (Å²) in [5, 5.41) is 14.0. The fraction of sp³-hybridized carbons (Fsp3) is 0.312. The summed E-state index contributed by atoms with van der Waals surface area (Å²) in [6.45, 7) is 1.40. The zero-order valence-electron chi connectivity index (χ0n) is 13.5. The van der Waals surface area contributed by atoms with Crippen LogP contribution in [0.3, 0.4) is 0 Å². The van der Waals surface area contributed by atoms with Gasteiger partial charge in [0.25, 0.3) is 0 Å². The SMILES string of the molecule is COC(=O)C1=C(C)NC(=O)N[C@@H]1c1cccc(OC)c1OCC#N. The molecule has 1 aromatic carbocycles. The smallest absolute Gasteiger partial charge is 0.337 e. The number of nitrogens with zero attached hydrogens (tertiary/aromatic N) is 1. The van der Waals surface area contributed by atoms with Crippen molar-refractivity contribution < 1.29 is 23.8 Å². The van der Waals surface area contributed by atoms with Gasteiger partial charge in [0.05, 0.1) is 25.8 Å². The molecule has 1 atom stereocenters. The number of carbonyl (C=O) groups is 2. The zero-order chi connectivity index (χ0) is 17.7. The quantitative estimate of drug-likeness (QED) is 0.789. The minimum absolute atomic E-state index is 0.206. The number of rotatable bonds is 5. The summed E-state index contributed by atoms with van der Waals surface area (Å²) in [6, 6.07) is 5.67. The highest BCUT2D eigenvalue weighted by atomic mass is 16.5. The summed E-state index contributed by atoms with van der Waals surface area (Å²) in [7, 11) is 2.72. The Morgan fingerprint density at radius 3 is 2.75 bits per heavy atom. The lowest BCUT2D eigenvalue weighted by Crippen LogP contribution is -2.45. The molecule has 0 aromatic heterocycles. The van der Waals surface area contributed by atoms with Crippen LogP contribution in [0, 0.1) is 11.3 Å². The molecule has 1 aliphatic heterocycles. The molecule has 1 heterocycles. The Hall–Kier alpha value is -3.21. The molecule has 0 unspecified atom stereocenters. The molecule has 2 N–H and O–H groups in total. The fourth-order valence-electron chi connectivity index (χ4n) is 2.49. The van der Waals surface area contributed by atoms with Gasteiger partial charge in [-0.15, -0.1) is 0 Å². The molecule has 0 aliphatic carbocycles. The van der Waals surface area contributed by atoms with Gasteiger partial charge in [-0.2, -0.15) is 5.26 Å². The van der Waals surface area contributed by atoms with E-state index in [1.54, 1.807) is 25.1 Å². The summed E-state index contributed by atoms with van der Waals surface area (Å²) < 4.78 is 15.5. The average Bonchev–Trinajstić information content (AvgIpc) is 2.58. The van der Waals surface area contributed by atoms with Crippen molar-refractivity contribution in [1.82, 2.24) is 10.6 Å². The van der Waals surface area contributed by atoms with E-state index < -0.39 is 18.0 Å². The predicted octanol–water partition coefficient (Wildman–Crippen LogP) is 1.40. The molecule has 0 bridgehead atoms. The molecule has 8 nitrogen and oxygen atoms in total. The van der Waals surface area contributed by atoms with Crippen molar-refractivity contribution >= 4 is 12.0 Å². The van der Waals surface area contributed by atoms with Gasteiger partial charge in [0.1, 0.15) is 6.07 Å². The number of benzene rings is 1. The van der Waals surface area contributed by atoms with Crippen molar-refractivity contribution in [3.63, 3.8) is 0 Å². The molecule has 2 amide bonds. The van der Waals surface area contributed by atoms with Gasteiger partial charge in [0, 0.05) is 11.3 Å². The number of para-hydroxylation sites is 1. The van der Waals surface area contributed by atoms with Gasteiger partial charge in [-0.1, -0.05) is 12.1 Å². The van der Waals surface area contributed by atoms with E-state index in [2.05, 4.69) is 10.6 Å². The summed E-state index contributed by atoms with van der Waals surface area (Å²) in [5.41, 5.74) is 1.11. The van der Waals surface area contributed by atoms with E-state index in [-0.39, 0.29) is 17.9 Å². The first-order chi connectivity index (χ1) is 11.5. The number of carbonyl (C=O) groups excluding carboxylic acids is 2. The summed E-state index contributed by atoms with van der Waals surface area (Å²) in [4.78, 5) is 24.0. The fourth-order valence-corrected chi connectivity index (χ4v) is 2.49. The van der Waals surface area contributed by atoms with E-state index >= 15 is 0 Å². The maximum atomic E-state index is 12.2. The number of ether oxygens (including phenoxy) is 3. The number of methoxy groups -OCH3 is 2. The largest absolute Gasteiger partial charge is 0.493 e. The van der Waals surface area contributed by atoms with Gasteiger partial charge < -0.3 is 24.8 Å². The molecule has 24 heavy (non-hydrogen) atoms. The maximum absolute atomic E-state index is 12.2. The molecule has 2 rings (SSSR count).